The van der Waals surface area contributed by atoms with E-state index in [1.807, 2.05) is 0 Å². The summed E-state index contributed by atoms with van der Waals surface area (Å²) in [6.45, 7) is 4.56. The van der Waals surface area contributed by atoms with Crippen LogP contribution in [0, 0.1) is 0 Å². The molecular weight excluding hydrogens is 714 g/mol. The largest absolute Gasteiger partial charge is 0.480 e. The van der Waals surface area contributed by atoms with E-state index in [9.17, 15) is 53.4 Å². The molecule has 0 unspecified atom stereocenters. The van der Waals surface area contributed by atoms with Gasteiger partial charge in [0.2, 0.25) is 47.3 Å². The maximum Gasteiger partial charge on any atom is 0.325 e. The summed E-state index contributed by atoms with van der Waals surface area (Å²) in [4.78, 5) is 119. The average molecular weight is 768 g/mol. The third-order valence-corrected chi connectivity index (χ3v) is 9.67. The standard InChI is InChI=1S/C33H53N9O12/c1-16(34)30(50)40-11-5-8-21(40)27(47)35-14-24(45)38-20(15-43)26(46)39-25(19(4)44)29(49)36-17(2)31(51)42-13-7-10-23(42)32(52)41-12-6-9-22(41)28(48)37-18(3)33(53)54/h16-23,25,43-44H,5-15,34H2,1-4H3,(H,35,47)(H,36,49)(H,37,48)(H,38,45)(H,39,46)(H,53,54)/t16-,17-,18-,19+,20-,21-,22-,23-,25-/m0/s1. The Balaban J connectivity index is 1.56. The number of nitrogens with two attached hydrogens (primary N) is 1. The molecule has 3 fully saturated rings. The van der Waals surface area contributed by atoms with E-state index in [0.29, 0.717) is 38.6 Å². The first-order valence-electron chi connectivity index (χ1n) is 18.1. The van der Waals surface area contributed by atoms with Crippen molar-refractivity contribution in [3.8, 4) is 0 Å². The predicted octanol–water partition coefficient (Wildman–Crippen LogP) is -5.14. The van der Waals surface area contributed by atoms with E-state index in [2.05, 4.69) is 26.6 Å². The molecule has 3 saturated heterocycles. The van der Waals surface area contributed by atoms with E-state index in [-0.39, 0.29) is 19.5 Å². The van der Waals surface area contributed by atoms with Gasteiger partial charge in [0.1, 0.15) is 42.3 Å². The maximum absolute atomic E-state index is 13.6. The van der Waals surface area contributed by atoms with Crippen LogP contribution in [0.4, 0.5) is 0 Å². The Morgan fingerprint density at radius 2 is 1.22 bits per heavy atom. The van der Waals surface area contributed by atoms with Crippen molar-refractivity contribution in [3.05, 3.63) is 0 Å². The van der Waals surface area contributed by atoms with Crippen molar-refractivity contribution < 1.29 is 58.5 Å². The summed E-state index contributed by atoms with van der Waals surface area (Å²) in [5.74, 6) is -6.90. The fourth-order valence-corrected chi connectivity index (χ4v) is 6.72. The number of carbonyl (C=O) groups is 9. The number of hydrogen-bond acceptors (Lipinski definition) is 12. The summed E-state index contributed by atoms with van der Waals surface area (Å²) in [5, 5.41) is 41.0. The van der Waals surface area contributed by atoms with E-state index in [0.717, 1.165) is 0 Å². The molecule has 3 heterocycles. The number of carbonyl (C=O) groups excluding carboxylic acids is 8. The SMILES string of the molecule is C[C@H](N)C(=O)N1CCC[C@H]1C(=O)NCC(=O)N[C@@H](CO)C(=O)N[C@H](C(=O)N[C@@H](C)C(=O)N1CCC[C@H]1C(=O)N1CCC[C@H]1C(=O)N[C@@H](C)C(=O)O)[C@@H](C)O. The molecule has 54 heavy (non-hydrogen) atoms. The number of likely N-dealkylation sites (tertiary alicyclic amines) is 3. The zero-order valence-electron chi connectivity index (χ0n) is 30.9. The molecule has 0 saturated carbocycles. The Kier molecular flexibility index (Phi) is 15.7. The summed E-state index contributed by atoms with van der Waals surface area (Å²) in [5.41, 5.74) is 5.65. The number of carboxylic acids is 1. The van der Waals surface area contributed by atoms with Crippen LogP contribution in [0.3, 0.4) is 0 Å². The molecule has 302 valence electrons. The van der Waals surface area contributed by atoms with E-state index in [4.69, 9.17) is 10.8 Å². The lowest BCUT2D eigenvalue weighted by Crippen LogP contribution is -2.61. The molecule has 21 nitrogen and oxygen atoms in total. The van der Waals surface area contributed by atoms with Gasteiger partial charge in [-0.2, -0.15) is 0 Å². The number of carboxylic acid groups (broad SMARTS) is 1. The minimum atomic E-state index is -1.65. The molecule has 0 bridgehead atoms. The second-order valence-corrected chi connectivity index (χ2v) is 13.9. The van der Waals surface area contributed by atoms with Crippen molar-refractivity contribution >= 4 is 53.2 Å². The topological polar surface area (TPSA) is 310 Å². The molecule has 0 aromatic rings. The highest BCUT2D eigenvalue weighted by Gasteiger charge is 2.44. The normalized spacial score (nSPS) is 22.9. The van der Waals surface area contributed by atoms with Crippen molar-refractivity contribution in [1.82, 2.24) is 41.3 Å². The minimum Gasteiger partial charge on any atom is -0.480 e. The second kappa shape index (κ2) is 19.4. The zero-order valence-corrected chi connectivity index (χ0v) is 30.9. The Morgan fingerprint density at radius 1 is 0.685 bits per heavy atom. The summed E-state index contributed by atoms with van der Waals surface area (Å²) in [6.07, 6.45) is 0.990. The van der Waals surface area contributed by atoms with Crippen LogP contribution in [0.2, 0.25) is 0 Å². The van der Waals surface area contributed by atoms with Crippen LogP contribution in [0.15, 0.2) is 0 Å². The van der Waals surface area contributed by atoms with E-state index >= 15 is 0 Å². The van der Waals surface area contributed by atoms with Crippen LogP contribution in [0.1, 0.15) is 66.2 Å². The predicted molar refractivity (Wildman–Crippen MR) is 186 cm³/mol. The van der Waals surface area contributed by atoms with Gasteiger partial charge in [-0.25, -0.2) is 0 Å². The first kappa shape index (κ1) is 43.5. The molecule has 9 atom stereocenters. The molecule has 21 heteroatoms. The lowest BCUT2D eigenvalue weighted by atomic mass is 10.1. The van der Waals surface area contributed by atoms with Gasteiger partial charge in [0.15, 0.2) is 0 Å². The molecule has 3 aliphatic rings. The number of rotatable bonds is 16. The molecule has 0 radical (unpaired) electrons. The van der Waals surface area contributed by atoms with Crippen LogP contribution in [0.25, 0.3) is 0 Å². The van der Waals surface area contributed by atoms with E-state index < -0.39 is 121 Å². The van der Waals surface area contributed by atoms with Gasteiger partial charge < -0.3 is 62.3 Å². The van der Waals surface area contributed by atoms with Gasteiger partial charge in [0.05, 0.1) is 25.3 Å². The van der Waals surface area contributed by atoms with Crippen molar-refractivity contribution in [2.75, 3.05) is 32.8 Å². The number of aliphatic hydroxyl groups is 2. The maximum atomic E-state index is 13.6. The second-order valence-electron chi connectivity index (χ2n) is 13.9. The van der Waals surface area contributed by atoms with Crippen molar-refractivity contribution in [1.29, 1.82) is 0 Å². The molecule has 8 amide bonds. The van der Waals surface area contributed by atoms with Gasteiger partial charge in [-0.15, -0.1) is 0 Å². The number of aliphatic carboxylic acids is 1. The number of nitrogens with one attached hydrogen (secondary N) is 5. The van der Waals surface area contributed by atoms with Gasteiger partial charge in [0, 0.05) is 19.6 Å². The quantitative estimate of drug-likeness (QED) is 0.0711. The summed E-state index contributed by atoms with van der Waals surface area (Å²) >= 11 is 0. The molecule has 0 spiro atoms. The van der Waals surface area contributed by atoms with Crippen molar-refractivity contribution in [2.45, 2.75) is 121 Å². The Bertz CT molecular complexity index is 1460. The van der Waals surface area contributed by atoms with Gasteiger partial charge in [0.25, 0.3) is 0 Å². The minimum absolute atomic E-state index is 0.176. The molecule has 10 N–H and O–H groups in total. The fourth-order valence-electron chi connectivity index (χ4n) is 6.72. The Labute approximate surface area is 312 Å². The summed E-state index contributed by atoms with van der Waals surface area (Å²) < 4.78 is 0. The highest BCUT2D eigenvalue weighted by atomic mass is 16.4. The van der Waals surface area contributed by atoms with E-state index in [1.165, 1.54) is 42.4 Å². The molecule has 0 aromatic heterocycles. The average Bonchev–Trinajstić information content (AvgIpc) is 3.92. The number of amides is 8. The lowest BCUT2D eigenvalue weighted by molar-refractivity contribution is -0.148. The third-order valence-electron chi connectivity index (χ3n) is 9.67. The first-order chi connectivity index (χ1) is 25.4. The fraction of sp³-hybridized carbons (Fsp3) is 0.727. The smallest absolute Gasteiger partial charge is 0.325 e. The van der Waals surface area contributed by atoms with Crippen molar-refractivity contribution in [2.24, 2.45) is 5.73 Å². The molecule has 0 aromatic carbocycles. The van der Waals surface area contributed by atoms with Crippen LogP contribution in [-0.4, -0.2) is 170 Å². The zero-order chi connectivity index (χ0) is 40.4. The van der Waals surface area contributed by atoms with Crippen molar-refractivity contribution in [3.63, 3.8) is 0 Å². The summed E-state index contributed by atoms with van der Waals surface area (Å²) in [6, 6.07) is -9.15. The van der Waals surface area contributed by atoms with Gasteiger partial charge >= 0.3 is 5.97 Å². The number of hydrogen-bond donors (Lipinski definition) is 9. The highest BCUT2D eigenvalue weighted by Crippen LogP contribution is 2.26. The van der Waals surface area contributed by atoms with Gasteiger partial charge in [-0.1, -0.05) is 0 Å². The Hall–Kier alpha value is -4.89. The molecule has 3 aliphatic heterocycles. The van der Waals surface area contributed by atoms with Gasteiger partial charge in [-0.05, 0) is 66.2 Å². The summed E-state index contributed by atoms with van der Waals surface area (Å²) in [7, 11) is 0. The monoisotopic (exact) mass is 767 g/mol. The third kappa shape index (κ3) is 10.8. The van der Waals surface area contributed by atoms with E-state index in [1.54, 1.807) is 0 Å². The van der Waals surface area contributed by atoms with Crippen LogP contribution < -0.4 is 32.3 Å². The number of aliphatic hydroxyl groups excluding tert-OH is 2. The Morgan fingerprint density at radius 3 is 1.76 bits per heavy atom. The molecule has 0 aliphatic carbocycles. The molecule has 3 rings (SSSR count). The van der Waals surface area contributed by atoms with Crippen LogP contribution in [-0.2, 0) is 43.2 Å². The highest BCUT2D eigenvalue weighted by molar-refractivity contribution is 5.98. The van der Waals surface area contributed by atoms with Crippen LogP contribution >= 0.6 is 0 Å². The molecular formula is C33H53N9O12. The van der Waals surface area contributed by atoms with Gasteiger partial charge in [-0.3, -0.25) is 43.2 Å². The lowest BCUT2D eigenvalue weighted by Gasteiger charge is -2.33. The van der Waals surface area contributed by atoms with Crippen LogP contribution in [0.5, 0.6) is 0 Å². The number of nitrogens with zero attached hydrogens (tertiary/aromatic N) is 3. The first-order valence-corrected chi connectivity index (χ1v) is 18.1.